The first-order valence-electron chi connectivity index (χ1n) is 8.90. The molecule has 3 aromatic carbocycles. The van der Waals surface area contributed by atoms with E-state index in [-0.39, 0.29) is 5.91 Å². The third-order valence-electron chi connectivity index (χ3n) is 4.21. The van der Waals surface area contributed by atoms with E-state index >= 15 is 0 Å². The fraction of sp³-hybridized carbons (Fsp3) is 0.136. The minimum atomic E-state index is -1.48. The third-order valence-corrected chi connectivity index (χ3v) is 5.55. The Balaban J connectivity index is 1.70. The van der Waals surface area contributed by atoms with Gasteiger partial charge < -0.3 is 10.0 Å². The zero-order valence-corrected chi connectivity index (χ0v) is 17.0. The van der Waals surface area contributed by atoms with Crippen LogP contribution in [-0.2, 0) is 17.4 Å². The molecule has 6 heteroatoms. The van der Waals surface area contributed by atoms with E-state index in [4.69, 9.17) is 11.6 Å². The van der Waals surface area contributed by atoms with Crippen molar-refractivity contribution in [3.05, 3.63) is 94.5 Å². The molecule has 0 aromatic heterocycles. The van der Waals surface area contributed by atoms with Crippen LogP contribution in [0, 0.1) is 6.92 Å². The van der Waals surface area contributed by atoms with Crippen molar-refractivity contribution in [2.45, 2.75) is 18.2 Å². The average molecular weight is 413 g/mol. The second-order valence-electron chi connectivity index (χ2n) is 6.37. The van der Waals surface area contributed by atoms with Gasteiger partial charge >= 0.3 is 0 Å². The predicted molar refractivity (Wildman–Crippen MR) is 115 cm³/mol. The highest BCUT2D eigenvalue weighted by Crippen LogP contribution is 2.23. The molecule has 0 saturated heterocycles. The van der Waals surface area contributed by atoms with Gasteiger partial charge in [-0.25, -0.2) is 4.21 Å². The van der Waals surface area contributed by atoms with Crippen LogP contribution in [0.3, 0.4) is 0 Å². The summed E-state index contributed by atoms with van der Waals surface area (Å²) >= 11 is 6.08. The highest BCUT2D eigenvalue weighted by Gasteiger charge is 2.14. The van der Waals surface area contributed by atoms with E-state index in [2.05, 4.69) is 10.0 Å². The van der Waals surface area contributed by atoms with Crippen LogP contribution in [0.4, 0.5) is 5.69 Å². The van der Waals surface area contributed by atoms with E-state index in [0.29, 0.717) is 27.7 Å². The summed E-state index contributed by atoms with van der Waals surface area (Å²) < 4.78 is 15.5. The first-order valence-corrected chi connectivity index (χ1v) is 10.4. The number of halogens is 1. The fourth-order valence-corrected chi connectivity index (χ4v) is 3.73. The van der Waals surface area contributed by atoms with Crippen LogP contribution in [0.25, 0.3) is 0 Å². The SMILES string of the molecule is Cc1ccc(S(=O)Nc2ccc(Cl)cc2C(=O)NCCc2ccccc2)cc1. The molecular weight excluding hydrogens is 392 g/mol. The summed E-state index contributed by atoms with van der Waals surface area (Å²) in [7, 11) is -1.48. The van der Waals surface area contributed by atoms with E-state index in [9.17, 15) is 9.00 Å². The Morgan fingerprint density at radius 2 is 1.71 bits per heavy atom. The number of anilines is 1. The summed E-state index contributed by atoms with van der Waals surface area (Å²) in [5.41, 5.74) is 3.07. The molecule has 1 amide bonds. The predicted octanol–water partition coefficient (Wildman–Crippen LogP) is 4.76. The molecule has 144 valence electrons. The van der Waals surface area contributed by atoms with Crippen molar-refractivity contribution in [2.24, 2.45) is 0 Å². The van der Waals surface area contributed by atoms with Gasteiger partial charge in [-0.05, 0) is 49.2 Å². The second kappa shape index (κ2) is 9.53. The first kappa shape index (κ1) is 20.1. The smallest absolute Gasteiger partial charge is 0.253 e. The number of benzene rings is 3. The standard InChI is InChI=1S/C22H21ClN2O2S/c1-16-7-10-19(11-8-16)28(27)25-21-12-9-18(23)15-20(21)22(26)24-14-13-17-5-3-2-4-6-17/h2-12,15,25H,13-14H2,1H3,(H,24,26). The van der Waals surface area contributed by atoms with Gasteiger partial charge in [0.1, 0.15) is 11.0 Å². The normalized spacial score (nSPS) is 11.6. The van der Waals surface area contributed by atoms with Crippen LogP contribution in [0.2, 0.25) is 5.02 Å². The van der Waals surface area contributed by atoms with E-state index < -0.39 is 11.0 Å². The quantitative estimate of drug-likeness (QED) is 0.588. The molecule has 1 unspecified atom stereocenters. The first-order chi connectivity index (χ1) is 13.5. The van der Waals surface area contributed by atoms with Crippen molar-refractivity contribution in [1.82, 2.24) is 5.32 Å². The largest absolute Gasteiger partial charge is 0.352 e. The Hall–Kier alpha value is -2.63. The number of hydrogen-bond donors (Lipinski definition) is 2. The summed E-state index contributed by atoms with van der Waals surface area (Å²) in [5.74, 6) is -0.262. The second-order valence-corrected chi connectivity index (χ2v) is 8.01. The maximum absolute atomic E-state index is 12.7. The Morgan fingerprint density at radius 1 is 1.00 bits per heavy atom. The van der Waals surface area contributed by atoms with Gasteiger partial charge in [-0.1, -0.05) is 59.6 Å². The number of carbonyl (C=O) groups is 1. The molecular formula is C22H21ClN2O2S. The van der Waals surface area contributed by atoms with Gasteiger partial charge in [-0.15, -0.1) is 0 Å². The van der Waals surface area contributed by atoms with Gasteiger partial charge in [0, 0.05) is 11.6 Å². The Morgan fingerprint density at radius 3 is 2.43 bits per heavy atom. The molecule has 0 bridgehead atoms. The van der Waals surface area contributed by atoms with Crippen LogP contribution >= 0.6 is 11.6 Å². The van der Waals surface area contributed by atoms with Gasteiger partial charge in [0.2, 0.25) is 0 Å². The van der Waals surface area contributed by atoms with Crippen LogP contribution in [0.1, 0.15) is 21.5 Å². The van der Waals surface area contributed by atoms with E-state index in [1.807, 2.05) is 49.4 Å². The Labute approximate surface area is 172 Å². The molecule has 2 N–H and O–H groups in total. The topological polar surface area (TPSA) is 58.2 Å². The molecule has 4 nitrogen and oxygen atoms in total. The molecule has 0 saturated carbocycles. The van der Waals surface area contributed by atoms with Crippen molar-refractivity contribution < 1.29 is 9.00 Å². The van der Waals surface area contributed by atoms with Crippen LogP contribution < -0.4 is 10.0 Å². The molecule has 0 radical (unpaired) electrons. The lowest BCUT2D eigenvalue weighted by atomic mass is 10.1. The number of amides is 1. The third kappa shape index (κ3) is 5.44. The highest BCUT2D eigenvalue weighted by molar-refractivity contribution is 7.86. The number of rotatable bonds is 7. The van der Waals surface area contributed by atoms with Crippen molar-refractivity contribution in [3.8, 4) is 0 Å². The van der Waals surface area contributed by atoms with Crippen LogP contribution in [0.5, 0.6) is 0 Å². The summed E-state index contributed by atoms with van der Waals surface area (Å²) in [6, 6.07) is 22.2. The Kier molecular flexibility index (Phi) is 6.85. The van der Waals surface area contributed by atoms with Crippen LogP contribution in [0.15, 0.2) is 77.7 Å². The minimum absolute atomic E-state index is 0.262. The molecule has 1 atom stereocenters. The number of aryl methyl sites for hydroxylation is 1. The lowest BCUT2D eigenvalue weighted by Gasteiger charge is -2.13. The fourth-order valence-electron chi connectivity index (χ4n) is 2.67. The molecule has 3 rings (SSSR count). The maximum atomic E-state index is 12.7. The number of nitrogens with one attached hydrogen (secondary N) is 2. The Bertz CT molecular complexity index is 976. The summed E-state index contributed by atoms with van der Waals surface area (Å²) in [4.78, 5) is 13.3. The van der Waals surface area contributed by atoms with Crippen molar-refractivity contribution >= 4 is 34.2 Å². The summed E-state index contributed by atoms with van der Waals surface area (Å²) in [6.45, 7) is 2.47. The monoisotopic (exact) mass is 412 g/mol. The molecule has 0 aliphatic carbocycles. The van der Waals surface area contributed by atoms with Gasteiger partial charge in [-0.3, -0.25) is 4.79 Å². The molecule has 3 aromatic rings. The van der Waals surface area contributed by atoms with Gasteiger partial charge in [0.15, 0.2) is 0 Å². The summed E-state index contributed by atoms with van der Waals surface area (Å²) in [5, 5.41) is 3.34. The molecule has 0 heterocycles. The highest BCUT2D eigenvalue weighted by atomic mass is 35.5. The zero-order valence-electron chi connectivity index (χ0n) is 15.4. The molecule has 0 aliphatic rings. The van der Waals surface area contributed by atoms with Crippen molar-refractivity contribution in [2.75, 3.05) is 11.3 Å². The van der Waals surface area contributed by atoms with E-state index in [1.165, 1.54) is 0 Å². The van der Waals surface area contributed by atoms with Gasteiger partial charge in [-0.2, -0.15) is 0 Å². The van der Waals surface area contributed by atoms with Gasteiger partial charge in [0.25, 0.3) is 5.91 Å². The number of hydrogen-bond acceptors (Lipinski definition) is 2. The lowest BCUT2D eigenvalue weighted by Crippen LogP contribution is -2.26. The molecule has 28 heavy (non-hydrogen) atoms. The van der Waals surface area contributed by atoms with Crippen molar-refractivity contribution in [3.63, 3.8) is 0 Å². The zero-order chi connectivity index (χ0) is 19.9. The minimum Gasteiger partial charge on any atom is -0.352 e. The average Bonchev–Trinajstić information content (AvgIpc) is 2.70. The van der Waals surface area contributed by atoms with Crippen LogP contribution in [-0.4, -0.2) is 16.7 Å². The van der Waals surface area contributed by atoms with E-state index in [0.717, 1.165) is 17.5 Å². The summed E-state index contributed by atoms with van der Waals surface area (Å²) in [6.07, 6.45) is 0.727. The van der Waals surface area contributed by atoms with Gasteiger partial charge in [0.05, 0.1) is 16.1 Å². The molecule has 0 spiro atoms. The maximum Gasteiger partial charge on any atom is 0.253 e. The molecule has 0 fully saturated rings. The van der Waals surface area contributed by atoms with E-state index in [1.54, 1.807) is 30.3 Å². The number of carbonyl (C=O) groups excluding carboxylic acids is 1. The lowest BCUT2D eigenvalue weighted by molar-refractivity contribution is 0.0955. The van der Waals surface area contributed by atoms with Crippen molar-refractivity contribution in [1.29, 1.82) is 0 Å². The molecule has 0 aliphatic heterocycles.